The topological polar surface area (TPSA) is 46.3 Å². The van der Waals surface area contributed by atoms with Gasteiger partial charge in [-0.1, -0.05) is 6.92 Å². The monoisotopic (exact) mass is 202 g/mol. The van der Waals surface area contributed by atoms with Crippen LogP contribution in [0.15, 0.2) is 0 Å². The van der Waals surface area contributed by atoms with Gasteiger partial charge in [-0.2, -0.15) is 11.8 Å². The number of nitrogens with two attached hydrogens (primary N) is 1. The molecule has 13 heavy (non-hydrogen) atoms. The predicted octanol–water partition coefficient (Wildman–Crippen LogP) is 0.689. The second-order valence-electron chi connectivity index (χ2n) is 3.44. The standard InChI is InChI=1S/C9H18N2OS/c1-2-5-13-7-9(12)11-4-3-8(10)6-11/h8H,2-7,10H2,1H3. The quantitative estimate of drug-likeness (QED) is 0.682. The molecule has 4 heteroatoms. The molecule has 3 nitrogen and oxygen atoms in total. The molecule has 0 radical (unpaired) electrons. The second-order valence-corrected chi connectivity index (χ2v) is 4.55. The van der Waals surface area contributed by atoms with Gasteiger partial charge in [0.1, 0.15) is 0 Å². The van der Waals surface area contributed by atoms with Gasteiger partial charge in [0.25, 0.3) is 0 Å². The molecule has 0 bridgehead atoms. The third kappa shape index (κ3) is 3.56. The number of rotatable bonds is 4. The van der Waals surface area contributed by atoms with Crippen molar-refractivity contribution in [3.63, 3.8) is 0 Å². The van der Waals surface area contributed by atoms with Gasteiger partial charge in [-0.05, 0) is 18.6 Å². The molecule has 0 aromatic carbocycles. The first-order valence-electron chi connectivity index (χ1n) is 4.85. The molecule has 1 aliphatic rings. The van der Waals surface area contributed by atoms with Crippen LogP contribution in [-0.2, 0) is 4.79 Å². The Morgan fingerprint density at radius 2 is 2.46 bits per heavy atom. The van der Waals surface area contributed by atoms with Crippen LogP contribution in [0.5, 0.6) is 0 Å². The van der Waals surface area contributed by atoms with Crippen molar-refractivity contribution in [2.45, 2.75) is 25.8 Å². The molecule has 1 saturated heterocycles. The maximum absolute atomic E-state index is 11.5. The molecule has 1 rings (SSSR count). The fourth-order valence-electron chi connectivity index (χ4n) is 1.41. The first-order chi connectivity index (χ1) is 6.24. The number of likely N-dealkylation sites (tertiary alicyclic amines) is 1. The van der Waals surface area contributed by atoms with Gasteiger partial charge in [-0.15, -0.1) is 0 Å². The van der Waals surface area contributed by atoms with Gasteiger partial charge >= 0.3 is 0 Å². The molecule has 1 fully saturated rings. The van der Waals surface area contributed by atoms with Crippen LogP contribution < -0.4 is 5.73 Å². The minimum absolute atomic E-state index is 0.208. The van der Waals surface area contributed by atoms with E-state index in [1.54, 1.807) is 11.8 Å². The van der Waals surface area contributed by atoms with E-state index in [-0.39, 0.29) is 11.9 Å². The van der Waals surface area contributed by atoms with Crippen molar-refractivity contribution >= 4 is 17.7 Å². The van der Waals surface area contributed by atoms with Crippen molar-refractivity contribution in [3.05, 3.63) is 0 Å². The molecular weight excluding hydrogens is 184 g/mol. The van der Waals surface area contributed by atoms with E-state index in [1.165, 1.54) is 0 Å². The molecule has 0 aliphatic carbocycles. The Hall–Kier alpha value is -0.220. The van der Waals surface area contributed by atoms with Crippen LogP contribution in [0.2, 0.25) is 0 Å². The summed E-state index contributed by atoms with van der Waals surface area (Å²) in [7, 11) is 0. The molecule has 0 spiro atoms. The van der Waals surface area contributed by atoms with Gasteiger partial charge in [-0.25, -0.2) is 0 Å². The number of nitrogens with zero attached hydrogens (tertiary/aromatic N) is 1. The summed E-state index contributed by atoms with van der Waals surface area (Å²) in [5, 5.41) is 0. The summed E-state index contributed by atoms with van der Waals surface area (Å²) in [5.74, 6) is 1.96. The fraction of sp³-hybridized carbons (Fsp3) is 0.889. The number of hydrogen-bond acceptors (Lipinski definition) is 3. The molecule has 1 heterocycles. The smallest absolute Gasteiger partial charge is 0.232 e. The highest BCUT2D eigenvalue weighted by Crippen LogP contribution is 2.10. The van der Waals surface area contributed by atoms with Crippen LogP contribution in [0.25, 0.3) is 0 Å². The van der Waals surface area contributed by atoms with Gasteiger partial charge in [0.2, 0.25) is 5.91 Å². The van der Waals surface area contributed by atoms with E-state index < -0.39 is 0 Å². The van der Waals surface area contributed by atoms with E-state index >= 15 is 0 Å². The zero-order valence-electron chi connectivity index (χ0n) is 8.16. The summed E-state index contributed by atoms with van der Waals surface area (Å²) in [4.78, 5) is 13.4. The fourth-order valence-corrected chi connectivity index (χ4v) is 2.20. The third-order valence-electron chi connectivity index (χ3n) is 2.15. The Morgan fingerprint density at radius 1 is 1.69 bits per heavy atom. The van der Waals surface area contributed by atoms with Crippen LogP contribution in [0.3, 0.4) is 0 Å². The van der Waals surface area contributed by atoms with Crippen molar-refractivity contribution in [1.29, 1.82) is 0 Å². The van der Waals surface area contributed by atoms with Crippen molar-refractivity contribution < 1.29 is 4.79 Å². The average Bonchev–Trinajstić information content (AvgIpc) is 2.52. The first kappa shape index (κ1) is 10.9. The van der Waals surface area contributed by atoms with Gasteiger partial charge in [0.05, 0.1) is 5.75 Å². The Kier molecular flexibility index (Phi) is 4.59. The molecule has 1 atom stereocenters. The Morgan fingerprint density at radius 3 is 3.00 bits per heavy atom. The summed E-state index contributed by atoms with van der Waals surface area (Å²) in [6.45, 7) is 3.74. The lowest BCUT2D eigenvalue weighted by Crippen LogP contribution is -2.33. The lowest BCUT2D eigenvalue weighted by molar-refractivity contribution is -0.127. The summed E-state index contributed by atoms with van der Waals surface area (Å²) in [6, 6.07) is 0.208. The number of amides is 1. The normalized spacial score (nSPS) is 22.3. The zero-order valence-corrected chi connectivity index (χ0v) is 8.98. The molecule has 0 aromatic rings. The first-order valence-corrected chi connectivity index (χ1v) is 6.00. The van der Waals surface area contributed by atoms with Crippen LogP contribution in [0.4, 0.5) is 0 Å². The highest BCUT2D eigenvalue weighted by atomic mass is 32.2. The number of carbonyl (C=O) groups excluding carboxylic acids is 1. The van der Waals surface area contributed by atoms with Gasteiger partial charge in [0.15, 0.2) is 0 Å². The van der Waals surface area contributed by atoms with Crippen molar-refractivity contribution in [2.24, 2.45) is 5.73 Å². The van der Waals surface area contributed by atoms with E-state index in [1.807, 2.05) is 4.90 Å². The van der Waals surface area contributed by atoms with E-state index in [9.17, 15) is 4.79 Å². The number of carbonyl (C=O) groups is 1. The van der Waals surface area contributed by atoms with Gasteiger partial charge in [-0.3, -0.25) is 4.79 Å². The minimum atomic E-state index is 0.208. The van der Waals surface area contributed by atoms with Crippen molar-refractivity contribution in [3.8, 4) is 0 Å². The maximum Gasteiger partial charge on any atom is 0.232 e. The molecule has 2 N–H and O–H groups in total. The Labute approximate surface area is 84.0 Å². The Bertz CT molecular complexity index is 175. The largest absolute Gasteiger partial charge is 0.340 e. The van der Waals surface area contributed by atoms with E-state index in [4.69, 9.17) is 5.73 Å². The zero-order chi connectivity index (χ0) is 9.68. The summed E-state index contributed by atoms with van der Waals surface area (Å²) >= 11 is 1.72. The average molecular weight is 202 g/mol. The highest BCUT2D eigenvalue weighted by Gasteiger charge is 2.22. The molecule has 0 aromatic heterocycles. The van der Waals surface area contributed by atoms with Crippen LogP contribution in [0.1, 0.15) is 19.8 Å². The predicted molar refractivity (Wildman–Crippen MR) is 56.8 cm³/mol. The van der Waals surface area contributed by atoms with E-state index in [2.05, 4.69) is 6.92 Å². The maximum atomic E-state index is 11.5. The van der Waals surface area contributed by atoms with Crippen LogP contribution in [0, 0.1) is 0 Å². The van der Waals surface area contributed by atoms with Gasteiger partial charge in [0, 0.05) is 19.1 Å². The number of hydrogen-bond donors (Lipinski definition) is 1. The SMILES string of the molecule is CCCSCC(=O)N1CCC(N)C1. The summed E-state index contributed by atoms with van der Waals surface area (Å²) < 4.78 is 0. The lowest BCUT2D eigenvalue weighted by Gasteiger charge is -2.14. The van der Waals surface area contributed by atoms with E-state index in [0.717, 1.165) is 31.7 Å². The van der Waals surface area contributed by atoms with Crippen molar-refractivity contribution in [2.75, 3.05) is 24.6 Å². The third-order valence-corrected chi connectivity index (χ3v) is 3.30. The summed E-state index contributed by atoms with van der Waals surface area (Å²) in [5.41, 5.74) is 5.72. The minimum Gasteiger partial charge on any atom is -0.340 e. The van der Waals surface area contributed by atoms with E-state index in [0.29, 0.717) is 5.75 Å². The lowest BCUT2D eigenvalue weighted by atomic mass is 10.3. The summed E-state index contributed by atoms with van der Waals surface area (Å²) in [6.07, 6.45) is 2.10. The van der Waals surface area contributed by atoms with Crippen LogP contribution in [-0.4, -0.2) is 41.4 Å². The highest BCUT2D eigenvalue weighted by molar-refractivity contribution is 7.99. The number of thioether (sulfide) groups is 1. The molecule has 0 saturated carbocycles. The molecule has 1 aliphatic heterocycles. The second kappa shape index (κ2) is 5.50. The Balaban J connectivity index is 2.16. The molecule has 1 amide bonds. The molecule has 1 unspecified atom stereocenters. The van der Waals surface area contributed by atoms with Crippen LogP contribution >= 0.6 is 11.8 Å². The molecular formula is C9H18N2OS. The van der Waals surface area contributed by atoms with Crippen molar-refractivity contribution in [1.82, 2.24) is 4.90 Å². The van der Waals surface area contributed by atoms with Gasteiger partial charge < -0.3 is 10.6 Å². The molecule has 76 valence electrons.